The molecule has 0 fully saturated rings. The molecular formula is C18H10Br2ClNO2. The fourth-order valence-electron chi connectivity index (χ4n) is 2.25. The summed E-state index contributed by atoms with van der Waals surface area (Å²) >= 11 is 12.6. The molecule has 0 aliphatic rings. The lowest BCUT2D eigenvalue weighted by Crippen LogP contribution is -2.16. The molecule has 24 heavy (non-hydrogen) atoms. The van der Waals surface area contributed by atoms with Crippen molar-refractivity contribution in [2.75, 3.05) is 0 Å². The molecule has 0 radical (unpaired) electrons. The van der Waals surface area contributed by atoms with Crippen molar-refractivity contribution >= 4 is 66.2 Å². The molecule has 1 heterocycles. The predicted molar refractivity (Wildman–Crippen MR) is 105 cm³/mol. The number of carbonyl (C=O) groups is 1. The Morgan fingerprint density at radius 1 is 1.08 bits per heavy atom. The molecule has 0 spiro atoms. The third-order valence-corrected chi connectivity index (χ3v) is 4.80. The van der Waals surface area contributed by atoms with E-state index in [-0.39, 0.29) is 11.3 Å². The monoisotopic (exact) mass is 465 g/mol. The van der Waals surface area contributed by atoms with E-state index in [0.29, 0.717) is 10.5 Å². The molecule has 3 aromatic rings. The Balaban J connectivity index is 1.99. The van der Waals surface area contributed by atoms with Gasteiger partial charge in [0.2, 0.25) is 0 Å². The zero-order valence-corrected chi connectivity index (χ0v) is 16.1. The van der Waals surface area contributed by atoms with Crippen LogP contribution in [0.2, 0.25) is 5.02 Å². The fraction of sp³-hybridized carbons (Fsp3) is 0. The Labute approximate surface area is 159 Å². The molecule has 6 heteroatoms. The first kappa shape index (κ1) is 17.1. The van der Waals surface area contributed by atoms with E-state index in [4.69, 9.17) is 11.6 Å². The van der Waals surface area contributed by atoms with Crippen molar-refractivity contribution in [3.8, 4) is 0 Å². The summed E-state index contributed by atoms with van der Waals surface area (Å²) in [5.74, 6) is -0.358. The van der Waals surface area contributed by atoms with Crippen LogP contribution < -0.4 is 5.56 Å². The number of carbonyl (C=O) groups excluding carboxylic acids is 1. The number of ketones is 1. The number of rotatable bonds is 3. The van der Waals surface area contributed by atoms with Gasteiger partial charge in [0.05, 0.1) is 11.1 Å². The number of H-pyrrole nitrogens is 1. The lowest BCUT2D eigenvalue weighted by molar-refractivity contribution is 0.104. The molecule has 0 aliphatic heterocycles. The minimum absolute atomic E-state index is 0.0933. The van der Waals surface area contributed by atoms with Crippen LogP contribution in [0.15, 0.2) is 62.3 Å². The summed E-state index contributed by atoms with van der Waals surface area (Å²) in [7, 11) is 0. The average Bonchev–Trinajstić information content (AvgIpc) is 2.53. The van der Waals surface area contributed by atoms with Crippen LogP contribution in [0.5, 0.6) is 0 Å². The van der Waals surface area contributed by atoms with Gasteiger partial charge < -0.3 is 4.98 Å². The molecule has 0 unspecified atom stereocenters. The summed E-state index contributed by atoms with van der Waals surface area (Å²) in [6.45, 7) is 0. The van der Waals surface area contributed by atoms with Gasteiger partial charge in [-0.05, 0) is 42.0 Å². The molecule has 0 saturated heterocycles. The second-order valence-corrected chi connectivity index (χ2v) is 7.32. The van der Waals surface area contributed by atoms with E-state index in [1.54, 1.807) is 42.5 Å². The Morgan fingerprint density at radius 3 is 2.50 bits per heavy atom. The summed E-state index contributed by atoms with van der Waals surface area (Å²) < 4.78 is 1.62. The molecule has 3 nitrogen and oxygen atoms in total. The third-order valence-electron chi connectivity index (χ3n) is 3.44. The topological polar surface area (TPSA) is 49.9 Å². The number of hydrogen-bond acceptors (Lipinski definition) is 2. The predicted octanol–water partition coefficient (Wildman–Crippen LogP) is 5.60. The number of pyridine rings is 1. The summed E-state index contributed by atoms with van der Waals surface area (Å²) in [4.78, 5) is 27.3. The first-order valence-corrected chi connectivity index (χ1v) is 8.90. The Hall–Kier alpha value is -1.69. The minimum Gasteiger partial charge on any atom is -0.321 e. The number of fused-ring (bicyclic) bond motifs is 1. The van der Waals surface area contributed by atoms with Crippen LogP contribution in [0.25, 0.3) is 17.0 Å². The molecule has 120 valence electrons. The molecular weight excluding hydrogens is 457 g/mol. The third kappa shape index (κ3) is 3.69. The number of aromatic amines is 1. The molecule has 1 N–H and O–H groups in total. The molecule has 2 aromatic carbocycles. The van der Waals surface area contributed by atoms with Gasteiger partial charge in [0.25, 0.3) is 5.56 Å². The summed E-state index contributed by atoms with van der Waals surface area (Å²) in [5, 5.41) is 1.39. The molecule has 0 saturated carbocycles. The van der Waals surface area contributed by atoms with Crippen LogP contribution >= 0.6 is 43.5 Å². The Morgan fingerprint density at radius 2 is 1.79 bits per heavy atom. The van der Waals surface area contributed by atoms with E-state index in [1.165, 1.54) is 6.08 Å². The van der Waals surface area contributed by atoms with Gasteiger partial charge in [-0.3, -0.25) is 9.59 Å². The van der Waals surface area contributed by atoms with Crippen LogP contribution in [-0.2, 0) is 0 Å². The minimum atomic E-state index is -0.418. The first-order valence-electron chi connectivity index (χ1n) is 6.94. The van der Waals surface area contributed by atoms with Crippen LogP contribution in [0, 0.1) is 0 Å². The van der Waals surface area contributed by atoms with Gasteiger partial charge in [-0.2, -0.15) is 0 Å². The number of allylic oxidation sites excluding steroid dienone is 1. The highest BCUT2D eigenvalue weighted by Crippen LogP contribution is 2.27. The molecule has 0 bridgehead atoms. The van der Waals surface area contributed by atoms with Crippen LogP contribution in [0.1, 0.15) is 15.9 Å². The number of benzene rings is 2. The highest BCUT2D eigenvalue weighted by molar-refractivity contribution is 9.11. The van der Waals surface area contributed by atoms with Crippen molar-refractivity contribution in [2.24, 2.45) is 0 Å². The van der Waals surface area contributed by atoms with E-state index in [9.17, 15) is 9.59 Å². The van der Waals surface area contributed by atoms with Crippen LogP contribution in [-0.4, -0.2) is 10.8 Å². The molecule has 1 aromatic heterocycles. The quantitative estimate of drug-likeness (QED) is 0.403. The second-order valence-electron chi connectivity index (χ2n) is 5.11. The molecule has 0 atom stereocenters. The smallest absolute Gasteiger partial charge is 0.259 e. The van der Waals surface area contributed by atoms with Crippen LogP contribution in [0.3, 0.4) is 0 Å². The van der Waals surface area contributed by atoms with Gasteiger partial charge in [-0.15, -0.1) is 0 Å². The molecule has 0 amide bonds. The Bertz CT molecular complexity index is 1020. The average molecular weight is 468 g/mol. The highest BCUT2D eigenvalue weighted by atomic mass is 79.9. The number of hydrogen-bond donors (Lipinski definition) is 1. The van der Waals surface area contributed by atoms with Gasteiger partial charge >= 0.3 is 0 Å². The number of halogens is 3. The van der Waals surface area contributed by atoms with Crippen LogP contribution in [0.4, 0.5) is 0 Å². The van der Waals surface area contributed by atoms with E-state index >= 15 is 0 Å². The van der Waals surface area contributed by atoms with Crippen molar-refractivity contribution in [1.29, 1.82) is 0 Å². The SMILES string of the molecule is O=C(/C=C/c1ccc(Cl)cc1)c1cc2c(Br)cc(Br)cc2[nH]c1=O. The lowest BCUT2D eigenvalue weighted by Gasteiger charge is -2.04. The maximum atomic E-state index is 12.4. The summed E-state index contributed by atoms with van der Waals surface area (Å²) in [6.07, 6.45) is 3.03. The van der Waals surface area contributed by atoms with E-state index < -0.39 is 5.56 Å². The zero-order valence-electron chi connectivity index (χ0n) is 12.1. The fourth-order valence-corrected chi connectivity index (χ4v) is 3.72. The van der Waals surface area contributed by atoms with Gasteiger partial charge in [-0.25, -0.2) is 0 Å². The summed E-state index contributed by atoms with van der Waals surface area (Å²) in [6, 6.07) is 12.3. The largest absolute Gasteiger partial charge is 0.321 e. The van der Waals surface area contributed by atoms with E-state index in [1.807, 2.05) is 6.07 Å². The maximum Gasteiger partial charge on any atom is 0.259 e. The molecule has 0 aliphatic carbocycles. The lowest BCUT2D eigenvalue weighted by atomic mass is 10.1. The standard InChI is InChI=1S/C18H10Br2ClNO2/c19-11-7-15(20)13-9-14(18(24)22-16(13)8-11)17(23)6-3-10-1-4-12(21)5-2-10/h1-9H,(H,22,24)/b6-3+. The summed E-state index contributed by atoms with van der Waals surface area (Å²) in [5.41, 5.74) is 1.16. The van der Waals surface area contributed by atoms with E-state index in [2.05, 4.69) is 36.8 Å². The maximum absolute atomic E-state index is 12.4. The van der Waals surface area contributed by atoms with Crippen molar-refractivity contribution in [3.05, 3.63) is 84.0 Å². The van der Waals surface area contributed by atoms with Gasteiger partial charge in [-0.1, -0.05) is 61.7 Å². The van der Waals surface area contributed by atoms with Gasteiger partial charge in [0, 0.05) is 19.4 Å². The van der Waals surface area contributed by atoms with E-state index in [0.717, 1.165) is 19.9 Å². The number of nitrogens with one attached hydrogen (secondary N) is 1. The second kappa shape index (κ2) is 7.05. The van der Waals surface area contributed by atoms with Crippen molar-refractivity contribution in [1.82, 2.24) is 4.98 Å². The van der Waals surface area contributed by atoms with Crippen molar-refractivity contribution in [3.63, 3.8) is 0 Å². The normalized spacial score (nSPS) is 11.3. The number of aromatic nitrogens is 1. The first-order chi connectivity index (χ1) is 11.4. The van der Waals surface area contributed by atoms with Crippen molar-refractivity contribution < 1.29 is 4.79 Å². The van der Waals surface area contributed by atoms with Gasteiger partial charge in [0.15, 0.2) is 5.78 Å². The van der Waals surface area contributed by atoms with Gasteiger partial charge in [0.1, 0.15) is 0 Å². The van der Waals surface area contributed by atoms with Crippen molar-refractivity contribution in [2.45, 2.75) is 0 Å². The molecule has 3 rings (SSSR count). The zero-order chi connectivity index (χ0) is 17.3. The highest BCUT2D eigenvalue weighted by Gasteiger charge is 2.11. The Kier molecular flexibility index (Phi) is 5.04.